The lowest BCUT2D eigenvalue weighted by atomic mass is 10.1. The van der Waals surface area contributed by atoms with Gasteiger partial charge in [0.05, 0.1) is 0 Å². The summed E-state index contributed by atoms with van der Waals surface area (Å²) in [5.41, 5.74) is 0. The molecule has 1 N–H and O–H groups in total. The number of unbranched alkanes of at least 4 members (excludes halogenated alkanes) is 3. The van der Waals surface area contributed by atoms with Crippen LogP contribution < -0.4 is 5.32 Å². The van der Waals surface area contributed by atoms with Gasteiger partial charge in [-0.3, -0.25) is 0 Å². The van der Waals surface area contributed by atoms with Crippen molar-refractivity contribution in [3.8, 4) is 0 Å². The van der Waals surface area contributed by atoms with Crippen molar-refractivity contribution in [3.05, 3.63) is 0 Å². The van der Waals surface area contributed by atoms with Gasteiger partial charge in [-0.15, -0.1) is 0 Å². The van der Waals surface area contributed by atoms with Crippen LogP contribution in [0.3, 0.4) is 0 Å². The van der Waals surface area contributed by atoms with Crippen LogP contribution >= 0.6 is 11.8 Å². The summed E-state index contributed by atoms with van der Waals surface area (Å²) >= 11 is 1.96. The van der Waals surface area contributed by atoms with Crippen LogP contribution in [-0.2, 0) is 0 Å². The van der Waals surface area contributed by atoms with E-state index in [-0.39, 0.29) is 0 Å². The Bertz CT molecular complexity index is 106. The standard InChI is InChI=1S/C12H27NS/c1-4-6-7-8-9-12(11-14-3)13-10-5-2/h12-13H,4-11H2,1-3H3. The van der Waals surface area contributed by atoms with Crippen LogP contribution in [-0.4, -0.2) is 24.6 Å². The topological polar surface area (TPSA) is 12.0 Å². The Morgan fingerprint density at radius 1 is 1.07 bits per heavy atom. The molecule has 0 amide bonds. The number of rotatable bonds is 10. The Balaban J connectivity index is 3.40. The van der Waals surface area contributed by atoms with E-state index in [0.717, 1.165) is 6.04 Å². The van der Waals surface area contributed by atoms with Gasteiger partial charge in [0.1, 0.15) is 0 Å². The Morgan fingerprint density at radius 2 is 1.86 bits per heavy atom. The maximum Gasteiger partial charge on any atom is 0.0158 e. The molecule has 0 spiro atoms. The first-order valence-electron chi connectivity index (χ1n) is 6.07. The summed E-state index contributed by atoms with van der Waals surface area (Å²) in [5.74, 6) is 1.27. The van der Waals surface area contributed by atoms with E-state index in [1.165, 1.54) is 50.8 Å². The van der Waals surface area contributed by atoms with Gasteiger partial charge < -0.3 is 5.32 Å². The number of thioether (sulfide) groups is 1. The second-order valence-electron chi connectivity index (χ2n) is 3.96. The second kappa shape index (κ2) is 11.4. The second-order valence-corrected chi connectivity index (χ2v) is 4.87. The Kier molecular flexibility index (Phi) is 11.6. The first-order chi connectivity index (χ1) is 6.85. The molecule has 0 aliphatic carbocycles. The molecule has 0 saturated carbocycles. The normalized spacial score (nSPS) is 13.1. The van der Waals surface area contributed by atoms with E-state index in [4.69, 9.17) is 0 Å². The van der Waals surface area contributed by atoms with E-state index in [1.807, 2.05) is 11.8 Å². The van der Waals surface area contributed by atoms with Gasteiger partial charge in [-0.05, 0) is 25.6 Å². The summed E-state index contributed by atoms with van der Waals surface area (Å²) in [5, 5.41) is 3.63. The van der Waals surface area contributed by atoms with Crippen LogP contribution in [0, 0.1) is 0 Å². The monoisotopic (exact) mass is 217 g/mol. The first-order valence-corrected chi connectivity index (χ1v) is 7.46. The molecule has 0 fully saturated rings. The molecule has 0 saturated heterocycles. The number of hydrogen-bond acceptors (Lipinski definition) is 2. The smallest absolute Gasteiger partial charge is 0.0158 e. The predicted octanol–water partition coefficient (Wildman–Crippen LogP) is 3.69. The fraction of sp³-hybridized carbons (Fsp3) is 1.00. The maximum atomic E-state index is 3.63. The predicted molar refractivity (Wildman–Crippen MR) is 69.2 cm³/mol. The molecule has 86 valence electrons. The lowest BCUT2D eigenvalue weighted by molar-refractivity contribution is 0.489. The van der Waals surface area contributed by atoms with Crippen molar-refractivity contribution < 1.29 is 0 Å². The third kappa shape index (κ3) is 8.89. The maximum absolute atomic E-state index is 3.63. The van der Waals surface area contributed by atoms with Crippen molar-refractivity contribution in [1.82, 2.24) is 5.32 Å². The molecule has 0 aliphatic rings. The molecule has 0 aromatic carbocycles. The molecule has 0 radical (unpaired) electrons. The van der Waals surface area contributed by atoms with Crippen molar-refractivity contribution in [2.75, 3.05) is 18.6 Å². The third-order valence-electron chi connectivity index (χ3n) is 2.46. The molecule has 0 aromatic rings. The van der Waals surface area contributed by atoms with Crippen molar-refractivity contribution >= 4 is 11.8 Å². The molecule has 14 heavy (non-hydrogen) atoms. The molecule has 0 aromatic heterocycles. The molecule has 2 heteroatoms. The molecule has 1 unspecified atom stereocenters. The van der Waals surface area contributed by atoms with Crippen LogP contribution in [0.5, 0.6) is 0 Å². The minimum Gasteiger partial charge on any atom is -0.313 e. The zero-order valence-electron chi connectivity index (χ0n) is 10.1. The van der Waals surface area contributed by atoms with Gasteiger partial charge in [0.25, 0.3) is 0 Å². The molecule has 0 aliphatic heterocycles. The van der Waals surface area contributed by atoms with Crippen LogP contribution in [0.15, 0.2) is 0 Å². The fourth-order valence-corrected chi connectivity index (χ4v) is 2.30. The van der Waals surface area contributed by atoms with Gasteiger partial charge >= 0.3 is 0 Å². The molecular weight excluding hydrogens is 190 g/mol. The minimum atomic E-state index is 0.752. The van der Waals surface area contributed by atoms with Gasteiger partial charge in [0.2, 0.25) is 0 Å². The number of nitrogens with one attached hydrogen (secondary N) is 1. The van der Waals surface area contributed by atoms with Crippen molar-refractivity contribution in [2.24, 2.45) is 0 Å². The molecule has 0 heterocycles. The number of hydrogen-bond donors (Lipinski definition) is 1. The summed E-state index contributed by atoms with van der Waals surface area (Å²) in [4.78, 5) is 0. The molecule has 0 rings (SSSR count). The summed E-state index contributed by atoms with van der Waals surface area (Å²) in [7, 11) is 0. The average Bonchev–Trinajstić information content (AvgIpc) is 2.20. The highest BCUT2D eigenvalue weighted by Gasteiger charge is 2.05. The summed E-state index contributed by atoms with van der Waals surface area (Å²) < 4.78 is 0. The molecule has 1 atom stereocenters. The van der Waals surface area contributed by atoms with Crippen molar-refractivity contribution in [3.63, 3.8) is 0 Å². The Morgan fingerprint density at radius 3 is 2.43 bits per heavy atom. The van der Waals surface area contributed by atoms with E-state index in [9.17, 15) is 0 Å². The lowest BCUT2D eigenvalue weighted by Crippen LogP contribution is -2.31. The fourth-order valence-electron chi connectivity index (χ4n) is 1.61. The van der Waals surface area contributed by atoms with E-state index >= 15 is 0 Å². The largest absolute Gasteiger partial charge is 0.313 e. The van der Waals surface area contributed by atoms with E-state index in [0.29, 0.717) is 0 Å². The van der Waals surface area contributed by atoms with Gasteiger partial charge in [-0.25, -0.2) is 0 Å². The first kappa shape index (κ1) is 14.3. The molecular formula is C12H27NS. The van der Waals surface area contributed by atoms with Crippen LogP contribution in [0.25, 0.3) is 0 Å². The van der Waals surface area contributed by atoms with Gasteiger partial charge in [-0.1, -0.05) is 39.5 Å². The van der Waals surface area contributed by atoms with Gasteiger partial charge in [0.15, 0.2) is 0 Å². The highest BCUT2D eigenvalue weighted by atomic mass is 32.2. The van der Waals surface area contributed by atoms with Crippen LogP contribution in [0.2, 0.25) is 0 Å². The van der Waals surface area contributed by atoms with Gasteiger partial charge in [-0.2, -0.15) is 11.8 Å². The van der Waals surface area contributed by atoms with E-state index in [1.54, 1.807) is 0 Å². The zero-order valence-corrected chi connectivity index (χ0v) is 11.0. The molecule has 0 bridgehead atoms. The highest BCUT2D eigenvalue weighted by molar-refractivity contribution is 7.98. The lowest BCUT2D eigenvalue weighted by Gasteiger charge is -2.17. The van der Waals surface area contributed by atoms with Crippen LogP contribution in [0.1, 0.15) is 52.4 Å². The SMILES string of the molecule is CCCCCCC(CSC)NCCC. The Labute approximate surface area is 94.4 Å². The summed E-state index contributed by atoms with van der Waals surface area (Å²) in [6.45, 7) is 5.69. The molecule has 1 nitrogen and oxygen atoms in total. The van der Waals surface area contributed by atoms with Gasteiger partial charge in [0, 0.05) is 11.8 Å². The minimum absolute atomic E-state index is 0.752. The third-order valence-corrected chi connectivity index (χ3v) is 3.19. The van der Waals surface area contributed by atoms with E-state index < -0.39 is 0 Å². The Hall–Kier alpha value is 0.310. The van der Waals surface area contributed by atoms with E-state index in [2.05, 4.69) is 25.4 Å². The van der Waals surface area contributed by atoms with Crippen molar-refractivity contribution in [2.45, 2.75) is 58.4 Å². The summed E-state index contributed by atoms with van der Waals surface area (Å²) in [6.07, 6.45) is 10.4. The highest BCUT2D eigenvalue weighted by Crippen LogP contribution is 2.09. The summed E-state index contributed by atoms with van der Waals surface area (Å²) in [6, 6.07) is 0.752. The quantitative estimate of drug-likeness (QED) is 0.560. The zero-order chi connectivity index (χ0) is 10.6. The van der Waals surface area contributed by atoms with Crippen LogP contribution in [0.4, 0.5) is 0 Å². The van der Waals surface area contributed by atoms with Crippen molar-refractivity contribution in [1.29, 1.82) is 0 Å². The average molecular weight is 217 g/mol.